The summed E-state index contributed by atoms with van der Waals surface area (Å²) in [5.74, 6) is 0. The summed E-state index contributed by atoms with van der Waals surface area (Å²) in [7, 11) is 0. The molecule has 0 bridgehead atoms. The molecular weight excluding hydrogens is 413 g/mol. The molecule has 1 aliphatic rings. The normalized spacial score (nSPS) is 33.0. The molecule has 3 N–H and O–H groups in total. The molecule has 9 heteroatoms. The first kappa shape index (κ1) is 15.4. The molecule has 1 saturated heterocycles. The minimum atomic E-state index is -1.57. The second-order valence-electron chi connectivity index (χ2n) is 5.13. The Morgan fingerprint density at radius 1 is 1.52 bits per heavy atom. The van der Waals surface area contributed by atoms with E-state index in [1.165, 1.54) is 13.3 Å². The van der Waals surface area contributed by atoms with Gasteiger partial charge in [-0.1, -0.05) is 11.6 Å². The van der Waals surface area contributed by atoms with Crippen LogP contribution in [0.2, 0.25) is 5.15 Å². The van der Waals surface area contributed by atoms with Crippen molar-refractivity contribution < 1.29 is 20.1 Å². The molecule has 3 heterocycles. The number of aliphatic hydroxyl groups excluding tert-OH is 2. The Morgan fingerprint density at radius 2 is 2.24 bits per heavy atom. The van der Waals surface area contributed by atoms with E-state index in [0.29, 0.717) is 16.2 Å². The van der Waals surface area contributed by atoms with Crippen molar-refractivity contribution >= 4 is 45.2 Å². The molecule has 0 radical (unpaired) electrons. The molecule has 1 aliphatic heterocycles. The van der Waals surface area contributed by atoms with Crippen molar-refractivity contribution in [3.05, 3.63) is 21.2 Å². The van der Waals surface area contributed by atoms with Crippen LogP contribution in [0.15, 0.2) is 12.5 Å². The molecule has 1 fully saturated rings. The standard InChI is InChI=1S/C12H13ClIN3O4/c1-12(20)8(19)6(3-18)21-11(12)17-2-5(14)7-9(13)15-4-16-10(7)17/h2,4,6,8,11,18-20H,3H2,1H3/t6-,8-,11?,12-/m1/s1. The van der Waals surface area contributed by atoms with E-state index in [2.05, 4.69) is 32.6 Å². The van der Waals surface area contributed by atoms with Gasteiger partial charge in [0.25, 0.3) is 0 Å². The van der Waals surface area contributed by atoms with Crippen LogP contribution in [0, 0.1) is 3.57 Å². The van der Waals surface area contributed by atoms with Crippen molar-refractivity contribution in [3.63, 3.8) is 0 Å². The zero-order valence-corrected chi connectivity index (χ0v) is 13.9. The Bertz CT molecular complexity index is 692. The van der Waals surface area contributed by atoms with Crippen LogP contribution in [0.1, 0.15) is 13.2 Å². The Labute approximate surface area is 138 Å². The van der Waals surface area contributed by atoms with Gasteiger partial charge in [0.05, 0.1) is 12.0 Å². The molecule has 7 nitrogen and oxygen atoms in total. The van der Waals surface area contributed by atoms with Gasteiger partial charge in [0, 0.05) is 9.77 Å². The summed E-state index contributed by atoms with van der Waals surface area (Å²) in [5.41, 5.74) is -1.07. The number of hydrogen-bond acceptors (Lipinski definition) is 6. The van der Waals surface area contributed by atoms with Crippen LogP contribution in [0.5, 0.6) is 0 Å². The van der Waals surface area contributed by atoms with Crippen LogP contribution < -0.4 is 0 Å². The summed E-state index contributed by atoms with van der Waals surface area (Å²) in [6, 6.07) is 0. The number of ether oxygens (including phenoxy) is 1. The molecular formula is C12H13ClIN3O4. The van der Waals surface area contributed by atoms with Crippen molar-refractivity contribution in [2.24, 2.45) is 0 Å². The van der Waals surface area contributed by atoms with Gasteiger partial charge in [-0.15, -0.1) is 0 Å². The van der Waals surface area contributed by atoms with Gasteiger partial charge in [-0.3, -0.25) is 0 Å². The number of fused-ring (bicyclic) bond motifs is 1. The zero-order valence-electron chi connectivity index (χ0n) is 10.9. The quantitative estimate of drug-likeness (QED) is 0.484. The van der Waals surface area contributed by atoms with Gasteiger partial charge in [-0.05, 0) is 29.5 Å². The van der Waals surface area contributed by atoms with Crippen LogP contribution in [0.4, 0.5) is 0 Å². The van der Waals surface area contributed by atoms with Gasteiger partial charge in [0.15, 0.2) is 6.23 Å². The highest BCUT2D eigenvalue weighted by atomic mass is 127. The first-order valence-electron chi connectivity index (χ1n) is 6.21. The highest BCUT2D eigenvalue weighted by Gasteiger charge is 2.53. The molecule has 4 atom stereocenters. The molecule has 0 aromatic carbocycles. The van der Waals surface area contributed by atoms with E-state index >= 15 is 0 Å². The number of halogens is 2. The van der Waals surface area contributed by atoms with Gasteiger partial charge in [-0.2, -0.15) is 0 Å². The van der Waals surface area contributed by atoms with Crippen LogP contribution in [-0.2, 0) is 4.74 Å². The average Bonchev–Trinajstić information content (AvgIpc) is 2.87. The highest BCUT2D eigenvalue weighted by Crippen LogP contribution is 2.41. The Hall–Kier alpha value is -0.520. The molecule has 0 aliphatic carbocycles. The molecule has 0 spiro atoms. The van der Waals surface area contributed by atoms with Crippen molar-refractivity contribution in [1.82, 2.24) is 14.5 Å². The van der Waals surface area contributed by atoms with E-state index in [1.54, 1.807) is 10.8 Å². The fraction of sp³-hybridized carbons (Fsp3) is 0.500. The van der Waals surface area contributed by atoms with E-state index in [1.807, 2.05) is 0 Å². The zero-order chi connectivity index (χ0) is 15.4. The van der Waals surface area contributed by atoms with Crippen molar-refractivity contribution in [2.45, 2.75) is 31.0 Å². The van der Waals surface area contributed by atoms with Crippen molar-refractivity contribution in [1.29, 1.82) is 0 Å². The molecule has 21 heavy (non-hydrogen) atoms. The van der Waals surface area contributed by atoms with E-state index in [-0.39, 0.29) is 6.61 Å². The Balaban J connectivity index is 2.15. The van der Waals surface area contributed by atoms with Crippen LogP contribution in [0.25, 0.3) is 11.0 Å². The highest BCUT2D eigenvalue weighted by molar-refractivity contribution is 14.1. The van der Waals surface area contributed by atoms with Crippen LogP contribution >= 0.6 is 34.2 Å². The lowest BCUT2D eigenvalue weighted by molar-refractivity contribution is -0.0948. The topological polar surface area (TPSA) is 101 Å². The lowest BCUT2D eigenvalue weighted by Gasteiger charge is -2.27. The Morgan fingerprint density at radius 3 is 2.86 bits per heavy atom. The smallest absolute Gasteiger partial charge is 0.167 e. The summed E-state index contributed by atoms with van der Waals surface area (Å²) < 4.78 is 7.99. The predicted molar refractivity (Wildman–Crippen MR) is 82.9 cm³/mol. The number of aromatic nitrogens is 3. The summed E-state index contributed by atoms with van der Waals surface area (Å²) in [4.78, 5) is 8.11. The minimum Gasteiger partial charge on any atom is -0.394 e. The van der Waals surface area contributed by atoms with E-state index in [4.69, 9.17) is 16.3 Å². The summed E-state index contributed by atoms with van der Waals surface area (Å²) >= 11 is 8.16. The lowest BCUT2D eigenvalue weighted by Crippen LogP contribution is -2.44. The van der Waals surface area contributed by atoms with Crippen LogP contribution in [-0.4, -0.2) is 54.3 Å². The van der Waals surface area contributed by atoms with Gasteiger partial charge in [-0.25, -0.2) is 9.97 Å². The average molecular weight is 426 g/mol. The summed E-state index contributed by atoms with van der Waals surface area (Å²) in [6.45, 7) is 1.07. The van der Waals surface area contributed by atoms with Crippen molar-refractivity contribution in [2.75, 3.05) is 6.61 Å². The lowest BCUT2D eigenvalue weighted by atomic mass is 9.96. The first-order chi connectivity index (χ1) is 9.87. The molecule has 2 aromatic heterocycles. The first-order valence-corrected chi connectivity index (χ1v) is 7.67. The number of nitrogens with zero attached hydrogens (tertiary/aromatic N) is 3. The maximum atomic E-state index is 10.5. The maximum Gasteiger partial charge on any atom is 0.167 e. The molecule has 2 aromatic rings. The number of aliphatic hydroxyl groups is 3. The van der Waals surface area contributed by atoms with Crippen molar-refractivity contribution in [3.8, 4) is 0 Å². The molecule has 0 amide bonds. The monoisotopic (exact) mass is 425 g/mol. The molecule has 0 saturated carbocycles. The largest absolute Gasteiger partial charge is 0.394 e. The Kier molecular flexibility index (Phi) is 3.87. The van der Waals surface area contributed by atoms with E-state index in [0.717, 1.165) is 3.57 Å². The van der Waals surface area contributed by atoms with Gasteiger partial charge < -0.3 is 24.6 Å². The maximum absolute atomic E-state index is 10.5. The fourth-order valence-corrected chi connectivity index (χ4v) is 3.76. The van der Waals surface area contributed by atoms with Gasteiger partial charge in [0.2, 0.25) is 0 Å². The third kappa shape index (κ3) is 2.25. The van der Waals surface area contributed by atoms with Gasteiger partial charge in [0.1, 0.15) is 34.9 Å². The third-order valence-electron chi connectivity index (χ3n) is 3.70. The van der Waals surface area contributed by atoms with E-state index < -0.39 is 24.0 Å². The SMILES string of the molecule is C[C@]1(O)C(n2cc(I)c3c(Cl)ncnc32)O[C@H](CO)[C@H]1O. The third-order valence-corrected chi connectivity index (χ3v) is 4.81. The molecule has 3 rings (SSSR count). The second-order valence-corrected chi connectivity index (χ2v) is 6.65. The summed E-state index contributed by atoms with van der Waals surface area (Å²) in [5, 5.41) is 30.8. The minimum absolute atomic E-state index is 0.306. The molecule has 1 unspecified atom stereocenters. The number of rotatable bonds is 2. The predicted octanol–water partition coefficient (Wildman–Crippen LogP) is 0.691. The summed E-state index contributed by atoms with van der Waals surface area (Å²) in [6.07, 6.45) is 0.0807. The van der Waals surface area contributed by atoms with Crippen LogP contribution in [0.3, 0.4) is 0 Å². The number of hydrogen-bond donors (Lipinski definition) is 3. The fourth-order valence-electron chi connectivity index (χ4n) is 2.57. The second kappa shape index (κ2) is 5.28. The molecule has 114 valence electrons. The van der Waals surface area contributed by atoms with E-state index in [9.17, 15) is 15.3 Å². The van der Waals surface area contributed by atoms with Gasteiger partial charge >= 0.3 is 0 Å².